The minimum Gasteiger partial charge on any atom is -0.508 e. The van der Waals surface area contributed by atoms with Gasteiger partial charge in [-0.05, 0) is 24.3 Å². The number of hydrogen-bond acceptors (Lipinski definition) is 3. The van der Waals surface area contributed by atoms with Gasteiger partial charge in [-0.2, -0.15) is 0 Å². The highest BCUT2D eigenvalue weighted by molar-refractivity contribution is 5.28. The van der Waals surface area contributed by atoms with Gasteiger partial charge in [-0.25, -0.2) is 0 Å². The fraction of sp³-hybridized carbons (Fsp3) is 0. The van der Waals surface area contributed by atoms with Crippen molar-refractivity contribution in [2.45, 2.75) is 0 Å². The van der Waals surface area contributed by atoms with Crippen molar-refractivity contribution in [3.63, 3.8) is 0 Å². The van der Waals surface area contributed by atoms with Crippen LogP contribution in [0.1, 0.15) is 0 Å². The molecule has 0 unspecified atom stereocenters. The van der Waals surface area contributed by atoms with Crippen LogP contribution in [-0.2, 0) is 0 Å². The highest BCUT2D eigenvalue weighted by Gasteiger charge is 1.84. The molecule has 0 amide bonds. The lowest BCUT2D eigenvalue weighted by molar-refractivity contribution is 0.460. The van der Waals surface area contributed by atoms with Gasteiger partial charge >= 0.3 is 0 Å². The summed E-state index contributed by atoms with van der Waals surface area (Å²) in [5.74, 6) is 0.339. The largest absolute Gasteiger partial charge is 0.508 e. The van der Waals surface area contributed by atoms with Crippen LogP contribution in [0.2, 0.25) is 0 Å². The lowest BCUT2D eigenvalue weighted by Crippen LogP contribution is -1.61. The number of phenolic OH excluding ortho intramolecular Hbond substituents is 2. The normalized spacial score (nSPS) is 7.18. The molecule has 0 aliphatic carbocycles. The summed E-state index contributed by atoms with van der Waals surface area (Å²) in [6.45, 7) is 0. The minimum absolute atomic E-state index is 0.169. The van der Waals surface area contributed by atoms with Gasteiger partial charge in [-0.3, -0.25) is 0 Å². The molecule has 0 saturated heterocycles. The van der Waals surface area contributed by atoms with Crippen molar-refractivity contribution >= 4 is 0 Å². The Bertz CT molecular complexity index is 212. The molecule has 58 valence electrons. The quantitative estimate of drug-likeness (QED) is 0.384. The van der Waals surface area contributed by atoms with Crippen LogP contribution >= 0.6 is 0 Å². The van der Waals surface area contributed by atoms with E-state index in [1.54, 1.807) is 0 Å². The van der Waals surface area contributed by atoms with Gasteiger partial charge in [0.25, 0.3) is 0 Å². The van der Waals surface area contributed by atoms with Crippen molar-refractivity contribution in [1.29, 1.82) is 0 Å². The van der Waals surface area contributed by atoms with Crippen molar-refractivity contribution in [3.05, 3.63) is 24.3 Å². The maximum atomic E-state index is 8.65. The minimum atomic E-state index is 0.169. The standard InChI is InChI=1S/C6H6O2.C2H2O/c7-5-1-2-6(8)4-3-5;1-2-3/h1-4,7-8H;1,3H. The van der Waals surface area contributed by atoms with E-state index in [0.29, 0.717) is 0 Å². The zero-order valence-corrected chi connectivity index (χ0v) is 5.73. The van der Waals surface area contributed by atoms with Gasteiger partial charge in [0.15, 0.2) is 0 Å². The molecule has 0 spiro atoms. The van der Waals surface area contributed by atoms with Crippen LogP contribution in [0.25, 0.3) is 0 Å². The van der Waals surface area contributed by atoms with Gasteiger partial charge in [-0.1, -0.05) is 6.42 Å². The van der Waals surface area contributed by atoms with Crippen LogP contribution in [0, 0.1) is 12.5 Å². The Kier molecular flexibility index (Phi) is 4.18. The van der Waals surface area contributed by atoms with Crippen LogP contribution in [0.5, 0.6) is 11.5 Å². The predicted octanol–water partition coefficient (Wildman–Crippen LogP) is 1.05. The monoisotopic (exact) mass is 152 g/mol. The molecule has 0 radical (unpaired) electrons. The van der Waals surface area contributed by atoms with Gasteiger partial charge in [0.05, 0.1) is 0 Å². The third-order valence-electron chi connectivity index (χ3n) is 0.850. The second kappa shape index (κ2) is 5.00. The molecule has 0 aliphatic rings. The third kappa shape index (κ3) is 4.67. The van der Waals surface area contributed by atoms with E-state index in [0.717, 1.165) is 0 Å². The maximum Gasteiger partial charge on any atom is 0.115 e. The molecular formula is C8H8O3. The molecule has 1 aromatic rings. The van der Waals surface area contributed by atoms with Crippen LogP contribution in [0.15, 0.2) is 24.3 Å². The summed E-state index contributed by atoms with van der Waals surface area (Å²) < 4.78 is 0. The van der Waals surface area contributed by atoms with E-state index < -0.39 is 0 Å². The topological polar surface area (TPSA) is 60.7 Å². The lowest BCUT2D eigenvalue weighted by atomic mass is 10.3. The van der Waals surface area contributed by atoms with Crippen molar-refractivity contribution in [2.24, 2.45) is 0 Å². The van der Waals surface area contributed by atoms with Gasteiger partial charge in [-0.15, -0.1) is 0 Å². The molecule has 0 aliphatic heterocycles. The molecule has 0 bridgehead atoms. The van der Waals surface area contributed by atoms with Crippen LogP contribution < -0.4 is 0 Å². The summed E-state index contributed by atoms with van der Waals surface area (Å²) >= 11 is 0. The number of benzene rings is 1. The summed E-state index contributed by atoms with van der Waals surface area (Å²) in [6, 6.07) is 5.70. The lowest BCUT2D eigenvalue weighted by Gasteiger charge is -1.88. The number of terminal acetylenes is 1. The number of aromatic hydroxyl groups is 2. The molecule has 3 heteroatoms. The Morgan fingerprint density at radius 3 is 1.36 bits per heavy atom. The first-order valence-corrected chi connectivity index (χ1v) is 2.78. The third-order valence-corrected chi connectivity index (χ3v) is 0.850. The summed E-state index contributed by atoms with van der Waals surface area (Å²) in [5.41, 5.74) is 0. The number of aliphatic hydroxyl groups excluding tert-OH is 1. The Balaban J connectivity index is 0.000000292. The van der Waals surface area contributed by atoms with Gasteiger partial charge in [0, 0.05) is 0 Å². The first kappa shape index (κ1) is 9.18. The maximum absolute atomic E-state index is 8.65. The molecule has 1 aromatic carbocycles. The average molecular weight is 152 g/mol. The van der Waals surface area contributed by atoms with E-state index >= 15 is 0 Å². The van der Waals surface area contributed by atoms with E-state index in [2.05, 4.69) is 6.42 Å². The molecule has 0 heterocycles. The number of hydrogen-bond donors (Lipinski definition) is 3. The zero-order chi connectivity index (χ0) is 8.69. The van der Waals surface area contributed by atoms with Crippen LogP contribution in [0.3, 0.4) is 0 Å². The first-order chi connectivity index (χ1) is 5.20. The SMILES string of the molecule is C#CO.Oc1ccc(O)cc1. The van der Waals surface area contributed by atoms with E-state index in [4.69, 9.17) is 15.3 Å². The molecule has 3 nitrogen and oxygen atoms in total. The number of rotatable bonds is 0. The van der Waals surface area contributed by atoms with E-state index in [-0.39, 0.29) is 11.5 Å². The van der Waals surface area contributed by atoms with E-state index in [1.165, 1.54) is 30.4 Å². The molecule has 3 N–H and O–H groups in total. The molecular weight excluding hydrogens is 144 g/mol. The molecule has 1 rings (SSSR count). The highest BCUT2D eigenvalue weighted by atomic mass is 16.3. The average Bonchev–Trinajstić information content (AvgIpc) is 1.97. The van der Waals surface area contributed by atoms with Crippen molar-refractivity contribution < 1.29 is 15.3 Å². The molecule has 0 atom stereocenters. The number of aliphatic hydroxyl groups is 1. The van der Waals surface area contributed by atoms with Crippen molar-refractivity contribution in [3.8, 4) is 24.0 Å². The molecule has 11 heavy (non-hydrogen) atoms. The summed E-state index contributed by atoms with van der Waals surface area (Å²) in [6.07, 6.45) is 5.40. The summed E-state index contributed by atoms with van der Waals surface area (Å²) in [4.78, 5) is 0. The predicted molar refractivity (Wildman–Crippen MR) is 40.5 cm³/mol. The highest BCUT2D eigenvalue weighted by Crippen LogP contribution is 2.13. The zero-order valence-electron chi connectivity index (χ0n) is 5.73. The Morgan fingerprint density at radius 2 is 1.18 bits per heavy atom. The van der Waals surface area contributed by atoms with Gasteiger partial charge in [0.2, 0.25) is 0 Å². The molecule has 0 aromatic heterocycles. The number of phenols is 2. The van der Waals surface area contributed by atoms with Gasteiger partial charge < -0.3 is 15.3 Å². The second-order valence-corrected chi connectivity index (χ2v) is 1.65. The Morgan fingerprint density at radius 1 is 1.00 bits per heavy atom. The molecule has 0 fully saturated rings. The first-order valence-electron chi connectivity index (χ1n) is 2.78. The van der Waals surface area contributed by atoms with Crippen molar-refractivity contribution in [2.75, 3.05) is 0 Å². The van der Waals surface area contributed by atoms with Crippen molar-refractivity contribution in [1.82, 2.24) is 0 Å². The van der Waals surface area contributed by atoms with E-state index in [1.807, 2.05) is 0 Å². The smallest absolute Gasteiger partial charge is 0.115 e. The van der Waals surface area contributed by atoms with E-state index in [9.17, 15) is 0 Å². The Hall–Kier alpha value is -1.82. The fourth-order valence-corrected chi connectivity index (χ4v) is 0.453. The summed E-state index contributed by atoms with van der Waals surface area (Å²) in [5, 5.41) is 24.4. The second-order valence-electron chi connectivity index (χ2n) is 1.65. The summed E-state index contributed by atoms with van der Waals surface area (Å²) in [7, 11) is 0. The fourth-order valence-electron chi connectivity index (χ4n) is 0.453. The Labute approximate surface area is 64.5 Å². The van der Waals surface area contributed by atoms with Gasteiger partial charge in [0.1, 0.15) is 17.6 Å². The van der Waals surface area contributed by atoms with Crippen LogP contribution in [0.4, 0.5) is 0 Å². The molecule has 0 saturated carbocycles. The van der Waals surface area contributed by atoms with Crippen LogP contribution in [-0.4, -0.2) is 15.3 Å².